The van der Waals surface area contributed by atoms with Crippen LogP contribution in [0, 0.1) is 16.0 Å². The van der Waals surface area contributed by atoms with Crippen LogP contribution >= 0.6 is 11.3 Å². The molecule has 0 aromatic carbocycles. The lowest BCUT2D eigenvalue weighted by Gasteiger charge is -1.99. The first kappa shape index (κ1) is 11.6. The average Bonchev–Trinajstić information content (AvgIpc) is 2.46. The summed E-state index contributed by atoms with van der Waals surface area (Å²) < 4.78 is 0. The van der Waals surface area contributed by atoms with Crippen LogP contribution in [0.4, 0.5) is 10.7 Å². The predicted molar refractivity (Wildman–Crippen MR) is 59.2 cm³/mol. The first-order valence-corrected chi connectivity index (χ1v) is 5.30. The Hall–Kier alpha value is -1.43. The van der Waals surface area contributed by atoms with Crippen LogP contribution in [0.25, 0.3) is 0 Å². The van der Waals surface area contributed by atoms with Crippen LogP contribution in [0.3, 0.4) is 0 Å². The third kappa shape index (κ3) is 2.76. The molecule has 1 aromatic heterocycles. The Balaban J connectivity index is 2.92. The summed E-state index contributed by atoms with van der Waals surface area (Å²) in [5.41, 5.74) is 5.26. The molecular weight excluding hydrogens is 216 g/mol. The van der Waals surface area contributed by atoms with Crippen molar-refractivity contribution in [3.63, 3.8) is 0 Å². The van der Waals surface area contributed by atoms with Crippen LogP contribution in [0.5, 0.6) is 0 Å². The van der Waals surface area contributed by atoms with Gasteiger partial charge in [0.05, 0.1) is 9.80 Å². The molecule has 0 radical (unpaired) electrons. The van der Waals surface area contributed by atoms with E-state index in [-0.39, 0.29) is 22.4 Å². The van der Waals surface area contributed by atoms with Crippen molar-refractivity contribution < 1.29 is 9.72 Å². The van der Waals surface area contributed by atoms with Gasteiger partial charge in [-0.25, -0.2) is 0 Å². The highest BCUT2D eigenvalue weighted by Crippen LogP contribution is 2.32. The van der Waals surface area contributed by atoms with E-state index >= 15 is 0 Å². The van der Waals surface area contributed by atoms with Gasteiger partial charge in [-0.1, -0.05) is 13.8 Å². The minimum Gasteiger partial charge on any atom is -0.385 e. The summed E-state index contributed by atoms with van der Waals surface area (Å²) in [5, 5.41) is 10.6. The van der Waals surface area contributed by atoms with E-state index in [1.807, 2.05) is 13.8 Å². The zero-order valence-corrected chi connectivity index (χ0v) is 9.34. The van der Waals surface area contributed by atoms with Gasteiger partial charge >= 0.3 is 5.69 Å². The van der Waals surface area contributed by atoms with E-state index < -0.39 is 4.92 Å². The van der Waals surface area contributed by atoms with E-state index in [0.29, 0.717) is 11.3 Å². The number of nitro groups is 1. The topological polar surface area (TPSA) is 86.2 Å². The summed E-state index contributed by atoms with van der Waals surface area (Å²) in [7, 11) is 0. The van der Waals surface area contributed by atoms with Gasteiger partial charge in [0.25, 0.3) is 0 Å². The zero-order valence-electron chi connectivity index (χ0n) is 8.52. The predicted octanol–water partition coefficient (Wildman–Crippen LogP) is 2.47. The Kier molecular flexibility index (Phi) is 3.41. The molecule has 15 heavy (non-hydrogen) atoms. The number of nitrogens with two attached hydrogens (primary N) is 1. The van der Waals surface area contributed by atoms with E-state index in [2.05, 4.69) is 0 Å². The number of nitrogen functional groups attached to an aromatic ring is 1. The van der Waals surface area contributed by atoms with Crippen LogP contribution < -0.4 is 5.73 Å². The second-order valence-electron chi connectivity index (χ2n) is 3.64. The van der Waals surface area contributed by atoms with E-state index in [1.165, 1.54) is 6.07 Å². The van der Waals surface area contributed by atoms with Crippen LogP contribution in [-0.2, 0) is 0 Å². The molecule has 0 spiro atoms. The molecule has 0 saturated heterocycles. The van der Waals surface area contributed by atoms with Crippen molar-refractivity contribution in [2.45, 2.75) is 20.3 Å². The van der Waals surface area contributed by atoms with Crippen LogP contribution in [0.2, 0.25) is 0 Å². The fourth-order valence-electron chi connectivity index (χ4n) is 1.15. The molecule has 0 aliphatic carbocycles. The van der Waals surface area contributed by atoms with Gasteiger partial charge in [0, 0.05) is 12.5 Å². The van der Waals surface area contributed by atoms with Crippen LogP contribution in [0.1, 0.15) is 29.9 Å². The van der Waals surface area contributed by atoms with Gasteiger partial charge in [-0.2, -0.15) is 0 Å². The fourth-order valence-corrected chi connectivity index (χ4v) is 1.99. The van der Waals surface area contributed by atoms with Gasteiger partial charge < -0.3 is 5.73 Å². The highest BCUT2D eigenvalue weighted by molar-refractivity contribution is 7.18. The van der Waals surface area contributed by atoms with Crippen LogP contribution in [-0.4, -0.2) is 10.7 Å². The molecule has 6 heteroatoms. The Labute approximate surface area is 91.1 Å². The molecule has 0 aliphatic heterocycles. The molecule has 2 N–H and O–H groups in total. The number of carbonyl (C=O) groups excluding carboxylic acids is 1. The van der Waals surface area contributed by atoms with Gasteiger partial charge in [0.15, 0.2) is 10.8 Å². The second kappa shape index (κ2) is 4.39. The molecule has 0 bridgehead atoms. The minimum absolute atomic E-state index is 0.0881. The molecule has 0 atom stereocenters. The molecule has 82 valence electrons. The van der Waals surface area contributed by atoms with Gasteiger partial charge in [0.2, 0.25) is 0 Å². The van der Waals surface area contributed by atoms with Crippen molar-refractivity contribution in [1.29, 1.82) is 0 Å². The summed E-state index contributed by atoms with van der Waals surface area (Å²) in [5.74, 6) is 0.148. The fraction of sp³-hybridized carbons (Fsp3) is 0.444. The summed E-state index contributed by atoms with van der Waals surface area (Å²) in [6.07, 6.45) is 0.386. The first-order valence-electron chi connectivity index (χ1n) is 4.48. The molecule has 1 aromatic rings. The number of rotatable bonds is 4. The van der Waals surface area contributed by atoms with Crippen molar-refractivity contribution in [3.8, 4) is 0 Å². The van der Waals surface area contributed by atoms with Crippen LogP contribution in [0.15, 0.2) is 6.07 Å². The van der Waals surface area contributed by atoms with E-state index in [4.69, 9.17) is 5.73 Å². The summed E-state index contributed by atoms with van der Waals surface area (Å²) in [6, 6.07) is 1.25. The minimum atomic E-state index is -0.571. The molecule has 0 saturated carbocycles. The van der Waals surface area contributed by atoms with Crippen molar-refractivity contribution in [1.82, 2.24) is 0 Å². The lowest BCUT2D eigenvalue weighted by Crippen LogP contribution is -2.00. The maximum absolute atomic E-state index is 11.6. The Morgan fingerprint density at radius 2 is 2.27 bits per heavy atom. The SMILES string of the molecule is CC(C)CC(=O)c1cc([N+](=O)[O-])c(N)s1. The van der Waals surface area contributed by atoms with Crippen molar-refractivity contribution >= 4 is 27.8 Å². The number of hydrogen-bond acceptors (Lipinski definition) is 5. The smallest absolute Gasteiger partial charge is 0.303 e. The number of hydrogen-bond donors (Lipinski definition) is 1. The lowest BCUT2D eigenvalue weighted by molar-refractivity contribution is -0.383. The molecule has 5 nitrogen and oxygen atoms in total. The van der Waals surface area contributed by atoms with Gasteiger partial charge in [-0.05, 0) is 5.92 Å². The second-order valence-corrected chi connectivity index (χ2v) is 4.72. The highest BCUT2D eigenvalue weighted by atomic mass is 32.1. The first-order chi connectivity index (χ1) is 6.91. The monoisotopic (exact) mass is 228 g/mol. The molecule has 0 aliphatic rings. The molecule has 1 rings (SSSR count). The lowest BCUT2D eigenvalue weighted by atomic mass is 10.1. The third-order valence-electron chi connectivity index (χ3n) is 1.81. The van der Waals surface area contributed by atoms with Gasteiger partial charge in [0.1, 0.15) is 0 Å². The largest absolute Gasteiger partial charge is 0.385 e. The van der Waals surface area contributed by atoms with Gasteiger partial charge in [-0.3, -0.25) is 14.9 Å². The van der Waals surface area contributed by atoms with Crippen molar-refractivity contribution in [3.05, 3.63) is 21.1 Å². The molecule has 1 heterocycles. The summed E-state index contributed by atoms with van der Waals surface area (Å²) in [4.78, 5) is 21.9. The number of ketones is 1. The summed E-state index contributed by atoms with van der Waals surface area (Å²) in [6.45, 7) is 3.84. The van der Waals surface area contributed by atoms with E-state index in [1.54, 1.807) is 0 Å². The molecular formula is C9H12N2O3S. The number of carbonyl (C=O) groups is 1. The normalized spacial score (nSPS) is 10.6. The van der Waals surface area contributed by atoms with Crippen molar-refractivity contribution in [2.75, 3.05) is 5.73 Å². The molecule has 0 amide bonds. The van der Waals surface area contributed by atoms with E-state index in [9.17, 15) is 14.9 Å². The molecule has 0 unspecified atom stereocenters. The highest BCUT2D eigenvalue weighted by Gasteiger charge is 2.20. The quantitative estimate of drug-likeness (QED) is 0.487. The standard InChI is InChI=1S/C9H12N2O3S/c1-5(2)3-7(12)8-4-6(11(13)14)9(10)15-8/h4-5H,3,10H2,1-2H3. The Morgan fingerprint density at radius 3 is 2.67 bits per heavy atom. The number of anilines is 1. The number of nitrogens with zero attached hydrogens (tertiary/aromatic N) is 1. The average molecular weight is 228 g/mol. The van der Waals surface area contributed by atoms with E-state index in [0.717, 1.165) is 11.3 Å². The maximum atomic E-state index is 11.6. The number of thiophene rings is 1. The number of Topliss-reactive ketones (excluding diaryl/α,β-unsaturated/α-hetero) is 1. The zero-order chi connectivity index (χ0) is 11.6. The van der Waals surface area contributed by atoms with Gasteiger partial charge in [-0.15, -0.1) is 11.3 Å². The maximum Gasteiger partial charge on any atom is 0.303 e. The Bertz CT molecular complexity index is 398. The van der Waals surface area contributed by atoms with Crippen molar-refractivity contribution in [2.24, 2.45) is 5.92 Å². The third-order valence-corrected chi connectivity index (χ3v) is 2.80. The Morgan fingerprint density at radius 1 is 1.67 bits per heavy atom. The molecule has 0 fully saturated rings. The summed E-state index contributed by atoms with van der Waals surface area (Å²) >= 11 is 0.979.